The van der Waals surface area contributed by atoms with Crippen LogP contribution in [0.2, 0.25) is 5.02 Å². The van der Waals surface area contributed by atoms with Crippen molar-refractivity contribution >= 4 is 58.1 Å². The molecule has 0 saturated carbocycles. The molecular weight excluding hydrogens is 480 g/mol. The van der Waals surface area contributed by atoms with E-state index in [1.165, 1.54) is 24.3 Å². The second kappa shape index (κ2) is 9.58. The molecule has 3 aromatic rings. The standard InChI is InChI=1S/C24H17ClN2O6S/c1-13-3-2-4-15(9-13)26-21(28)12-27-22(29)20(34-24(27)32)11-16-6-8-19(33-16)17-10-14(23(30)31)5-7-18(17)25/h2-11H,12H2,1H3,(H,26,28)(H,30,31)/b20-11-. The summed E-state index contributed by atoms with van der Waals surface area (Å²) >= 11 is 6.87. The van der Waals surface area contributed by atoms with Gasteiger partial charge >= 0.3 is 5.97 Å². The van der Waals surface area contributed by atoms with Crippen molar-refractivity contribution in [3.05, 3.63) is 81.4 Å². The molecule has 10 heteroatoms. The van der Waals surface area contributed by atoms with Crippen molar-refractivity contribution in [2.24, 2.45) is 0 Å². The fraction of sp³-hybridized carbons (Fsp3) is 0.0833. The summed E-state index contributed by atoms with van der Waals surface area (Å²) in [5.74, 6) is -1.65. The first-order valence-corrected chi connectivity index (χ1v) is 11.2. The maximum Gasteiger partial charge on any atom is 0.335 e. The monoisotopic (exact) mass is 496 g/mol. The Bertz CT molecular complexity index is 1360. The number of hydrogen-bond donors (Lipinski definition) is 2. The molecule has 4 rings (SSSR count). The molecule has 34 heavy (non-hydrogen) atoms. The molecular formula is C24H17ClN2O6S. The van der Waals surface area contributed by atoms with Crippen LogP contribution in [0.1, 0.15) is 21.7 Å². The van der Waals surface area contributed by atoms with Gasteiger partial charge in [-0.25, -0.2) is 4.79 Å². The maximum absolute atomic E-state index is 12.7. The molecule has 172 valence electrons. The number of aryl methyl sites for hydroxylation is 1. The van der Waals surface area contributed by atoms with Gasteiger partial charge in [0.1, 0.15) is 18.1 Å². The van der Waals surface area contributed by atoms with Crippen LogP contribution < -0.4 is 5.32 Å². The highest BCUT2D eigenvalue weighted by molar-refractivity contribution is 8.18. The first-order valence-electron chi connectivity index (χ1n) is 9.96. The van der Waals surface area contributed by atoms with Crippen LogP contribution in [0.25, 0.3) is 17.4 Å². The number of nitrogens with zero attached hydrogens (tertiary/aromatic N) is 1. The number of benzene rings is 2. The van der Waals surface area contributed by atoms with Gasteiger partial charge in [0.15, 0.2) is 0 Å². The number of carbonyl (C=O) groups excluding carboxylic acids is 3. The number of aromatic carboxylic acids is 1. The zero-order chi connectivity index (χ0) is 24.4. The molecule has 0 spiro atoms. The van der Waals surface area contributed by atoms with E-state index in [1.807, 2.05) is 13.0 Å². The third-order valence-electron chi connectivity index (χ3n) is 4.86. The Morgan fingerprint density at radius 2 is 1.94 bits per heavy atom. The van der Waals surface area contributed by atoms with Crippen molar-refractivity contribution in [3.63, 3.8) is 0 Å². The first-order chi connectivity index (χ1) is 16.2. The van der Waals surface area contributed by atoms with Gasteiger partial charge in [-0.1, -0.05) is 23.7 Å². The van der Waals surface area contributed by atoms with E-state index in [9.17, 15) is 24.3 Å². The second-order valence-corrected chi connectivity index (χ2v) is 8.79. The van der Waals surface area contributed by atoms with E-state index in [4.69, 9.17) is 16.0 Å². The summed E-state index contributed by atoms with van der Waals surface area (Å²) in [5.41, 5.74) is 1.95. The van der Waals surface area contributed by atoms with Gasteiger partial charge in [-0.3, -0.25) is 19.3 Å². The first kappa shape index (κ1) is 23.3. The number of thioether (sulfide) groups is 1. The van der Waals surface area contributed by atoms with Gasteiger partial charge in [0.2, 0.25) is 5.91 Å². The highest BCUT2D eigenvalue weighted by Gasteiger charge is 2.36. The molecule has 3 amide bonds. The number of carboxylic acids is 1. The molecule has 1 aliphatic heterocycles. The number of amides is 3. The minimum atomic E-state index is -1.11. The lowest BCUT2D eigenvalue weighted by Gasteiger charge is -2.12. The topological polar surface area (TPSA) is 117 Å². The van der Waals surface area contributed by atoms with Crippen molar-refractivity contribution in [2.75, 3.05) is 11.9 Å². The molecule has 2 heterocycles. The second-order valence-electron chi connectivity index (χ2n) is 7.39. The number of rotatable bonds is 6. The van der Waals surface area contributed by atoms with Gasteiger partial charge in [-0.15, -0.1) is 0 Å². The third kappa shape index (κ3) is 5.05. The van der Waals surface area contributed by atoms with Gasteiger partial charge in [0.05, 0.1) is 15.5 Å². The molecule has 2 aromatic carbocycles. The van der Waals surface area contributed by atoms with Gasteiger partial charge < -0.3 is 14.8 Å². The van der Waals surface area contributed by atoms with Crippen LogP contribution in [-0.2, 0) is 9.59 Å². The molecule has 0 aliphatic carbocycles. The van der Waals surface area contributed by atoms with Crippen molar-refractivity contribution in [3.8, 4) is 11.3 Å². The predicted octanol–water partition coefficient (Wildman–Crippen LogP) is 5.28. The maximum atomic E-state index is 12.7. The Morgan fingerprint density at radius 1 is 1.15 bits per heavy atom. The normalized spacial score (nSPS) is 14.6. The third-order valence-corrected chi connectivity index (χ3v) is 6.09. The summed E-state index contributed by atoms with van der Waals surface area (Å²) in [7, 11) is 0. The van der Waals surface area contributed by atoms with E-state index in [2.05, 4.69) is 5.32 Å². The Labute approximate surface area is 203 Å². The Balaban J connectivity index is 1.49. The zero-order valence-corrected chi connectivity index (χ0v) is 19.3. The Hall–Kier alpha value is -3.82. The molecule has 0 atom stereocenters. The van der Waals surface area contributed by atoms with Crippen LogP contribution in [0.15, 0.2) is 63.9 Å². The number of furan rings is 1. The quantitative estimate of drug-likeness (QED) is 0.446. The van der Waals surface area contributed by atoms with Crippen LogP contribution in [0.5, 0.6) is 0 Å². The Kier molecular flexibility index (Phi) is 6.58. The lowest BCUT2D eigenvalue weighted by atomic mass is 10.1. The summed E-state index contributed by atoms with van der Waals surface area (Å²) in [5, 5.41) is 11.6. The molecule has 0 bridgehead atoms. The van der Waals surface area contributed by atoms with Gasteiger partial charge in [0, 0.05) is 17.3 Å². The van der Waals surface area contributed by atoms with Crippen LogP contribution in [0, 0.1) is 6.92 Å². The highest BCUT2D eigenvalue weighted by atomic mass is 35.5. The Morgan fingerprint density at radius 3 is 2.68 bits per heavy atom. The molecule has 0 radical (unpaired) electrons. The number of imide groups is 1. The van der Waals surface area contributed by atoms with Crippen LogP contribution in [0.4, 0.5) is 10.5 Å². The lowest BCUT2D eigenvalue weighted by Crippen LogP contribution is -2.36. The van der Waals surface area contributed by atoms with Crippen molar-refractivity contribution in [1.82, 2.24) is 4.90 Å². The number of nitrogens with one attached hydrogen (secondary N) is 1. The van der Waals surface area contributed by atoms with E-state index < -0.39 is 29.6 Å². The molecule has 1 aromatic heterocycles. The molecule has 1 saturated heterocycles. The fourth-order valence-electron chi connectivity index (χ4n) is 3.25. The molecule has 2 N–H and O–H groups in total. The largest absolute Gasteiger partial charge is 0.478 e. The zero-order valence-electron chi connectivity index (χ0n) is 17.7. The summed E-state index contributed by atoms with van der Waals surface area (Å²) in [4.78, 5) is 49.6. The highest BCUT2D eigenvalue weighted by Crippen LogP contribution is 2.35. The van der Waals surface area contributed by atoms with Gasteiger partial charge in [-0.05, 0) is 66.7 Å². The van der Waals surface area contributed by atoms with E-state index in [0.717, 1.165) is 10.5 Å². The number of carbonyl (C=O) groups is 4. The van der Waals surface area contributed by atoms with E-state index in [1.54, 1.807) is 30.3 Å². The molecule has 8 nitrogen and oxygen atoms in total. The smallest absolute Gasteiger partial charge is 0.335 e. The van der Waals surface area contributed by atoms with E-state index in [0.29, 0.717) is 33.8 Å². The van der Waals surface area contributed by atoms with E-state index in [-0.39, 0.29) is 16.2 Å². The number of anilines is 1. The molecule has 1 fully saturated rings. The minimum Gasteiger partial charge on any atom is -0.478 e. The van der Waals surface area contributed by atoms with Gasteiger partial charge in [0.25, 0.3) is 11.1 Å². The number of hydrogen-bond acceptors (Lipinski definition) is 6. The van der Waals surface area contributed by atoms with Crippen molar-refractivity contribution in [1.29, 1.82) is 0 Å². The minimum absolute atomic E-state index is 0.0439. The van der Waals surface area contributed by atoms with Crippen molar-refractivity contribution < 1.29 is 28.7 Å². The lowest BCUT2D eigenvalue weighted by molar-refractivity contribution is -0.127. The fourth-order valence-corrected chi connectivity index (χ4v) is 4.28. The summed E-state index contributed by atoms with van der Waals surface area (Å²) in [6, 6.07) is 14.5. The predicted molar refractivity (Wildman–Crippen MR) is 129 cm³/mol. The van der Waals surface area contributed by atoms with Crippen molar-refractivity contribution in [2.45, 2.75) is 6.92 Å². The molecule has 1 aliphatic rings. The van der Waals surface area contributed by atoms with Crippen LogP contribution >= 0.6 is 23.4 Å². The van der Waals surface area contributed by atoms with Crippen LogP contribution in [-0.4, -0.2) is 39.6 Å². The summed E-state index contributed by atoms with van der Waals surface area (Å²) in [6.07, 6.45) is 1.39. The van der Waals surface area contributed by atoms with Gasteiger partial charge in [-0.2, -0.15) is 0 Å². The summed E-state index contributed by atoms with van der Waals surface area (Å²) in [6.45, 7) is 1.46. The number of carboxylic acid groups (broad SMARTS) is 1. The average Bonchev–Trinajstić information content (AvgIpc) is 3.34. The van der Waals surface area contributed by atoms with Crippen LogP contribution in [0.3, 0.4) is 0 Å². The van der Waals surface area contributed by atoms with E-state index >= 15 is 0 Å². The summed E-state index contributed by atoms with van der Waals surface area (Å²) < 4.78 is 5.71. The SMILES string of the molecule is Cc1cccc(NC(=O)CN2C(=O)S/C(=C\c3ccc(-c4cc(C(=O)O)ccc4Cl)o3)C2=O)c1. The number of halogens is 1. The average molecular weight is 497 g/mol. The molecule has 0 unspecified atom stereocenters.